The molecule has 1 spiro atoms. The SMILES string of the molecule is CCN1CCC2(CCC1=O)CN(C(=O)c1onc3c1CCCC3)CCN2C. The molecule has 0 N–H and O–H groups in total. The lowest BCUT2D eigenvalue weighted by Crippen LogP contribution is -2.62. The Kier molecular flexibility index (Phi) is 4.97. The van der Waals surface area contributed by atoms with E-state index in [9.17, 15) is 9.59 Å². The molecule has 0 aromatic carbocycles. The molecule has 7 heteroatoms. The molecule has 1 atom stereocenters. The van der Waals surface area contributed by atoms with Crippen molar-refractivity contribution in [2.75, 3.05) is 39.8 Å². The molecule has 148 valence electrons. The summed E-state index contributed by atoms with van der Waals surface area (Å²) in [5.41, 5.74) is 1.85. The molecule has 3 aliphatic rings. The zero-order chi connectivity index (χ0) is 19.0. The Labute approximate surface area is 160 Å². The number of aryl methyl sites for hydroxylation is 1. The third-order valence-electron chi connectivity index (χ3n) is 6.83. The van der Waals surface area contributed by atoms with Gasteiger partial charge in [0.05, 0.1) is 5.69 Å². The van der Waals surface area contributed by atoms with Crippen molar-refractivity contribution in [3.05, 3.63) is 17.0 Å². The summed E-state index contributed by atoms with van der Waals surface area (Å²) in [6.45, 7) is 5.72. The highest BCUT2D eigenvalue weighted by Gasteiger charge is 2.44. The van der Waals surface area contributed by atoms with Crippen LogP contribution in [0.25, 0.3) is 0 Å². The number of hydrogen-bond donors (Lipinski definition) is 0. The zero-order valence-electron chi connectivity index (χ0n) is 16.5. The predicted molar refractivity (Wildman–Crippen MR) is 101 cm³/mol. The Morgan fingerprint density at radius 3 is 2.78 bits per heavy atom. The van der Waals surface area contributed by atoms with E-state index in [0.717, 1.165) is 69.4 Å². The van der Waals surface area contributed by atoms with Crippen molar-refractivity contribution in [2.45, 2.75) is 57.4 Å². The summed E-state index contributed by atoms with van der Waals surface area (Å²) >= 11 is 0. The second-order valence-electron chi connectivity index (χ2n) is 8.24. The van der Waals surface area contributed by atoms with E-state index in [1.165, 1.54) is 0 Å². The zero-order valence-corrected chi connectivity index (χ0v) is 16.5. The van der Waals surface area contributed by atoms with Gasteiger partial charge < -0.3 is 14.3 Å². The monoisotopic (exact) mass is 374 g/mol. The average Bonchev–Trinajstić information content (AvgIpc) is 3.05. The largest absolute Gasteiger partial charge is 0.350 e. The molecule has 0 radical (unpaired) electrons. The minimum atomic E-state index is -0.131. The van der Waals surface area contributed by atoms with Gasteiger partial charge in [0.25, 0.3) is 5.91 Å². The number of carbonyl (C=O) groups excluding carboxylic acids is 2. The van der Waals surface area contributed by atoms with Crippen LogP contribution in [0.3, 0.4) is 0 Å². The number of amides is 2. The number of hydrogen-bond acceptors (Lipinski definition) is 5. The molecule has 27 heavy (non-hydrogen) atoms. The fourth-order valence-electron chi connectivity index (χ4n) is 4.90. The Morgan fingerprint density at radius 1 is 1.15 bits per heavy atom. The van der Waals surface area contributed by atoms with Crippen LogP contribution < -0.4 is 0 Å². The number of piperazine rings is 1. The highest BCUT2D eigenvalue weighted by atomic mass is 16.5. The molecule has 2 amide bonds. The van der Waals surface area contributed by atoms with E-state index in [-0.39, 0.29) is 17.4 Å². The summed E-state index contributed by atoms with van der Waals surface area (Å²) in [5, 5.41) is 4.15. The quantitative estimate of drug-likeness (QED) is 0.788. The van der Waals surface area contributed by atoms with Gasteiger partial charge in [-0.2, -0.15) is 0 Å². The summed E-state index contributed by atoms with van der Waals surface area (Å²) in [6.07, 6.45) is 6.27. The van der Waals surface area contributed by atoms with Crippen LogP contribution >= 0.6 is 0 Å². The van der Waals surface area contributed by atoms with Gasteiger partial charge in [0.1, 0.15) is 0 Å². The highest BCUT2D eigenvalue weighted by Crippen LogP contribution is 2.33. The van der Waals surface area contributed by atoms with Crippen LogP contribution in [-0.4, -0.2) is 77.0 Å². The molecule has 0 bridgehead atoms. The fourth-order valence-corrected chi connectivity index (χ4v) is 4.90. The first kappa shape index (κ1) is 18.5. The smallest absolute Gasteiger partial charge is 0.292 e. The molecule has 0 saturated carbocycles. The van der Waals surface area contributed by atoms with Crippen molar-refractivity contribution < 1.29 is 14.1 Å². The Hall–Kier alpha value is -1.89. The maximum Gasteiger partial charge on any atom is 0.292 e. The molecule has 1 unspecified atom stereocenters. The van der Waals surface area contributed by atoms with Gasteiger partial charge in [-0.05, 0) is 52.5 Å². The number of nitrogens with zero attached hydrogens (tertiary/aromatic N) is 4. The van der Waals surface area contributed by atoms with Crippen LogP contribution in [0.5, 0.6) is 0 Å². The van der Waals surface area contributed by atoms with E-state index in [1.807, 2.05) is 16.7 Å². The van der Waals surface area contributed by atoms with Crippen molar-refractivity contribution in [3.8, 4) is 0 Å². The molecule has 2 aliphatic heterocycles. The molecule has 2 fully saturated rings. The average molecular weight is 374 g/mol. The van der Waals surface area contributed by atoms with Crippen molar-refractivity contribution in [2.24, 2.45) is 0 Å². The first-order chi connectivity index (χ1) is 13.0. The lowest BCUT2D eigenvalue weighted by Gasteiger charge is -2.49. The van der Waals surface area contributed by atoms with Gasteiger partial charge in [-0.25, -0.2) is 0 Å². The minimum Gasteiger partial charge on any atom is -0.350 e. The van der Waals surface area contributed by atoms with Crippen molar-refractivity contribution >= 4 is 11.8 Å². The molecule has 7 nitrogen and oxygen atoms in total. The van der Waals surface area contributed by atoms with Crippen LogP contribution in [0.15, 0.2) is 4.52 Å². The topological polar surface area (TPSA) is 69.9 Å². The van der Waals surface area contributed by atoms with Crippen LogP contribution in [0.1, 0.15) is 60.8 Å². The van der Waals surface area contributed by atoms with E-state index >= 15 is 0 Å². The summed E-state index contributed by atoms with van der Waals surface area (Å²) in [6, 6.07) is 0. The summed E-state index contributed by atoms with van der Waals surface area (Å²) < 4.78 is 5.49. The summed E-state index contributed by atoms with van der Waals surface area (Å²) in [7, 11) is 2.13. The molecule has 3 heterocycles. The molecular formula is C20H30N4O3. The van der Waals surface area contributed by atoms with E-state index in [0.29, 0.717) is 25.3 Å². The summed E-state index contributed by atoms with van der Waals surface area (Å²) in [5.74, 6) is 0.654. The van der Waals surface area contributed by atoms with Gasteiger partial charge >= 0.3 is 0 Å². The molecule has 2 saturated heterocycles. The van der Waals surface area contributed by atoms with Crippen LogP contribution in [0.4, 0.5) is 0 Å². The fraction of sp³-hybridized carbons (Fsp3) is 0.750. The third kappa shape index (κ3) is 3.26. The molecule has 1 aliphatic carbocycles. The lowest BCUT2D eigenvalue weighted by molar-refractivity contribution is -0.130. The molecular weight excluding hydrogens is 344 g/mol. The second kappa shape index (κ2) is 7.26. The highest BCUT2D eigenvalue weighted by molar-refractivity contribution is 5.93. The van der Waals surface area contributed by atoms with Crippen molar-refractivity contribution in [3.63, 3.8) is 0 Å². The normalized spacial score (nSPS) is 27.0. The summed E-state index contributed by atoms with van der Waals surface area (Å²) in [4.78, 5) is 31.8. The maximum absolute atomic E-state index is 13.2. The molecule has 4 rings (SSSR count). The number of rotatable bonds is 2. The first-order valence-electron chi connectivity index (χ1n) is 10.3. The van der Waals surface area contributed by atoms with Gasteiger partial charge in [-0.1, -0.05) is 5.16 Å². The standard InChI is InChI=1S/C20H30N4O3/c1-3-23-11-10-20(9-8-17(23)25)14-24(13-12-22(20)2)19(26)18-15-6-4-5-7-16(15)21-27-18/h3-14H2,1-2H3. The van der Waals surface area contributed by atoms with Crippen LogP contribution in [0, 0.1) is 0 Å². The first-order valence-corrected chi connectivity index (χ1v) is 10.3. The van der Waals surface area contributed by atoms with Crippen LogP contribution in [-0.2, 0) is 17.6 Å². The van der Waals surface area contributed by atoms with E-state index < -0.39 is 0 Å². The Balaban J connectivity index is 1.54. The number of fused-ring (bicyclic) bond motifs is 1. The Morgan fingerprint density at radius 2 is 1.96 bits per heavy atom. The van der Waals surface area contributed by atoms with Gasteiger partial charge in [-0.3, -0.25) is 14.5 Å². The van der Waals surface area contributed by atoms with E-state index in [4.69, 9.17) is 4.52 Å². The third-order valence-corrected chi connectivity index (χ3v) is 6.83. The number of likely N-dealkylation sites (N-methyl/N-ethyl adjacent to an activating group) is 1. The minimum absolute atomic E-state index is 0.0268. The number of carbonyl (C=O) groups is 2. The molecule has 1 aromatic rings. The van der Waals surface area contributed by atoms with Gasteiger partial charge in [0.2, 0.25) is 11.7 Å². The van der Waals surface area contributed by atoms with E-state index in [1.54, 1.807) is 0 Å². The molecule has 1 aromatic heterocycles. The second-order valence-corrected chi connectivity index (χ2v) is 8.24. The number of likely N-dealkylation sites (tertiary alicyclic amines) is 1. The van der Waals surface area contributed by atoms with Gasteiger partial charge in [0.15, 0.2) is 0 Å². The van der Waals surface area contributed by atoms with Gasteiger partial charge in [0, 0.05) is 50.2 Å². The lowest BCUT2D eigenvalue weighted by atomic mass is 9.86. The predicted octanol–water partition coefficient (Wildman–Crippen LogP) is 1.71. The van der Waals surface area contributed by atoms with Crippen LogP contribution in [0.2, 0.25) is 0 Å². The number of aromatic nitrogens is 1. The van der Waals surface area contributed by atoms with E-state index in [2.05, 4.69) is 17.1 Å². The van der Waals surface area contributed by atoms with Crippen molar-refractivity contribution in [1.29, 1.82) is 0 Å². The Bertz CT molecular complexity index is 731. The van der Waals surface area contributed by atoms with Crippen molar-refractivity contribution in [1.82, 2.24) is 19.9 Å². The maximum atomic E-state index is 13.2. The van der Waals surface area contributed by atoms with Gasteiger partial charge in [-0.15, -0.1) is 0 Å².